The Bertz CT molecular complexity index is 744. The molecule has 0 saturated carbocycles. The van der Waals surface area contributed by atoms with Gasteiger partial charge in [0.1, 0.15) is 6.54 Å². The zero-order chi connectivity index (χ0) is 17.8. The molecular formula is C17H17F5NO+. The van der Waals surface area contributed by atoms with Crippen LogP contribution < -0.4 is 4.48 Å². The number of likely N-dealkylation sites (N-methyl/N-ethyl adjacent to an activating group) is 1. The molecule has 0 aromatic heterocycles. The molecule has 3 rings (SSSR count). The van der Waals surface area contributed by atoms with Crippen molar-refractivity contribution in [2.24, 2.45) is 5.92 Å². The largest absolute Gasteiger partial charge is 0.323 e. The molecule has 1 aromatic rings. The maximum Gasteiger partial charge on any atom is 0.225 e. The van der Waals surface area contributed by atoms with Crippen molar-refractivity contribution in [3.8, 4) is 0 Å². The van der Waals surface area contributed by atoms with Gasteiger partial charge in [-0.1, -0.05) is 24.6 Å². The van der Waals surface area contributed by atoms with Gasteiger partial charge in [-0.15, -0.1) is 0 Å². The van der Waals surface area contributed by atoms with Crippen molar-refractivity contribution < 1.29 is 26.7 Å². The van der Waals surface area contributed by atoms with E-state index in [-0.39, 0.29) is 25.3 Å². The number of quaternary nitrogens is 1. The Morgan fingerprint density at radius 2 is 1.54 bits per heavy atom. The van der Waals surface area contributed by atoms with Gasteiger partial charge in [0, 0.05) is 11.5 Å². The SMILES string of the molecule is CC1=CC(C)C2OC[N+](C)(c3c(F)c(F)c(F)c(F)c3F)CC2=C1. The van der Waals surface area contributed by atoms with Gasteiger partial charge in [-0.2, -0.15) is 8.78 Å². The fraction of sp³-hybridized carbons (Fsp3) is 0.412. The van der Waals surface area contributed by atoms with Gasteiger partial charge in [-0.05, 0) is 6.92 Å². The topological polar surface area (TPSA) is 9.23 Å². The van der Waals surface area contributed by atoms with Crippen LogP contribution in [0.3, 0.4) is 0 Å². The Labute approximate surface area is 136 Å². The molecule has 2 nitrogen and oxygen atoms in total. The van der Waals surface area contributed by atoms with Crippen LogP contribution in [0.2, 0.25) is 0 Å². The predicted octanol–water partition coefficient (Wildman–Crippen LogP) is 4.20. The van der Waals surface area contributed by atoms with Crippen LogP contribution in [0.5, 0.6) is 0 Å². The summed E-state index contributed by atoms with van der Waals surface area (Å²) >= 11 is 0. The molecule has 7 heteroatoms. The number of hydrogen-bond donors (Lipinski definition) is 0. The minimum atomic E-state index is -2.15. The van der Waals surface area contributed by atoms with E-state index in [2.05, 4.69) is 0 Å². The summed E-state index contributed by atoms with van der Waals surface area (Å²) in [6, 6.07) is 0. The summed E-state index contributed by atoms with van der Waals surface area (Å²) in [5, 5.41) is 0. The third-order valence-corrected chi connectivity index (χ3v) is 4.58. The zero-order valence-corrected chi connectivity index (χ0v) is 13.5. The fourth-order valence-electron chi connectivity index (χ4n) is 3.56. The van der Waals surface area contributed by atoms with Crippen LogP contribution in [0.4, 0.5) is 27.6 Å². The number of hydrogen-bond acceptors (Lipinski definition) is 1. The van der Waals surface area contributed by atoms with E-state index in [4.69, 9.17) is 4.74 Å². The average Bonchev–Trinajstić information content (AvgIpc) is 2.50. The summed E-state index contributed by atoms with van der Waals surface area (Å²) in [6.45, 7) is 3.77. The molecule has 24 heavy (non-hydrogen) atoms. The second-order valence-corrected chi connectivity index (χ2v) is 6.68. The molecule has 1 fully saturated rings. The Hall–Kier alpha value is -1.73. The van der Waals surface area contributed by atoms with Crippen molar-refractivity contribution in [1.82, 2.24) is 4.48 Å². The molecular weight excluding hydrogens is 329 g/mol. The Kier molecular flexibility index (Phi) is 4.04. The van der Waals surface area contributed by atoms with Gasteiger partial charge in [-0.3, -0.25) is 4.48 Å². The van der Waals surface area contributed by atoms with Crippen LogP contribution in [0.1, 0.15) is 13.8 Å². The fourth-order valence-corrected chi connectivity index (χ4v) is 3.56. The summed E-state index contributed by atoms with van der Waals surface area (Å²) in [4.78, 5) is 0. The first-order valence-corrected chi connectivity index (χ1v) is 7.52. The molecule has 0 spiro atoms. The van der Waals surface area contributed by atoms with E-state index < -0.39 is 39.3 Å². The number of allylic oxidation sites excluding steroid dienone is 2. The lowest BCUT2D eigenvalue weighted by atomic mass is 9.87. The molecule has 1 saturated heterocycles. The van der Waals surface area contributed by atoms with E-state index in [1.54, 1.807) is 0 Å². The smallest absolute Gasteiger partial charge is 0.225 e. The molecule has 1 aromatic carbocycles. The maximum atomic E-state index is 14.2. The number of ether oxygens (including phenoxy) is 1. The first-order valence-electron chi connectivity index (χ1n) is 7.52. The highest BCUT2D eigenvalue weighted by Gasteiger charge is 2.45. The van der Waals surface area contributed by atoms with Crippen LogP contribution in [0.25, 0.3) is 0 Å². The molecule has 1 aliphatic heterocycles. The lowest BCUT2D eigenvalue weighted by Gasteiger charge is -2.43. The molecule has 0 radical (unpaired) electrons. The minimum absolute atomic E-state index is 0.0788. The lowest BCUT2D eigenvalue weighted by molar-refractivity contribution is -0.0386. The first-order chi connectivity index (χ1) is 11.2. The van der Waals surface area contributed by atoms with Crippen LogP contribution >= 0.6 is 0 Å². The van der Waals surface area contributed by atoms with E-state index in [1.165, 1.54) is 7.05 Å². The summed E-state index contributed by atoms with van der Waals surface area (Å²) in [5.41, 5.74) is 0.883. The Morgan fingerprint density at radius 3 is 2.12 bits per heavy atom. The summed E-state index contributed by atoms with van der Waals surface area (Å²) in [5.74, 6) is -9.57. The van der Waals surface area contributed by atoms with Crippen LogP contribution in [-0.4, -0.2) is 26.4 Å². The molecule has 3 atom stereocenters. The van der Waals surface area contributed by atoms with Gasteiger partial charge < -0.3 is 4.74 Å². The van der Waals surface area contributed by atoms with E-state index in [0.29, 0.717) is 0 Å². The standard InChI is InChI=1S/C17H17F5NO/c1-8-4-9(2)17-10(5-8)6-23(3,7-24-17)16-14(21)12(19)11(18)13(20)15(16)22/h4-5,9,17H,6-7H2,1-3H3/q+1. The molecule has 0 bridgehead atoms. The molecule has 130 valence electrons. The van der Waals surface area contributed by atoms with Crippen molar-refractivity contribution in [3.63, 3.8) is 0 Å². The van der Waals surface area contributed by atoms with Gasteiger partial charge in [0.15, 0.2) is 6.73 Å². The van der Waals surface area contributed by atoms with Crippen LogP contribution in [-0.2, 0) is 4.74 Å². The normalized spacial score (nSPS) is 29.8. The van der Waals surface area contributed by atoms with Crippen LogP contribution in [0.15, 0.2) is 23.3 Å². The monoisotopic (exact) mass is 346 g/mol. The van der Waals surface area contributed by atoms with E-state index in [9.17, 15) is 22.0 Å². The van der Waals surface area contributed by atoms with Gasteiger partial charge in [0.05, 0.1) is 13.2 Å². The summed E-state index contributed by atoms with van der Waals surface area (Å²) in [6.07, 6.45) is 3.61. The molecule has 0 N–H and O–H groups in total. The first kappa shape index (κ1) is 17.1. The third-order valence-electron chi connectivity index (χ3n) is 4.58. The molecule has 3 unspecified atom stereocenters. The van der Waals surface area contributed by atoms with Gasteiger partial charge in [-0.25, -0.2) is 13.2 Å². The van der Waals surface area contributed by atoms with Crippen molar-refractivity contribution in [3.05, 3.63) is 52.4 Å². The van der Waals surface area contributed by atoms with Crippen molar-refractivity contribution >= 4 is 5.69 Å². The highest BCUT2D eigenvalue weighted by Crippen LogP contribution is 2.39. The maximum absolute atomic E-state index is 14.2. The Balaban J connectivity index is 2.10. The predicted molar refractivity (Wildman–Crippen MR) is 79.6 cm³/mol. The number of benzene rings is 1. The highest BCUT2D eigenvalue weighted by molar-refractivity contribution is 5.49. The Morgan fingerprint density at radius 1 is 1.00 bits per heavy atom. The van der Waals surface area contributed by atoms with Crippen molar-refractivity contribution in [1.29, 1.82) is 0 Å². The zero-order valence-electron chi connectivity index (χ0n) is 13.5. The highest BCUT2D eigenvalue weighted by atomic mass is 19.2. The van der Waals surface area contributed by atoms with Crippen LogP contribution in [0, 0.1) is 35.0 Å². The number of rotatable bonds is 1. The summed E-state index contributed by atoms with van der Waals surface area (Å²) < 4.78 is 73.9. The number of fused-ring (bicyclic) bond motifs is 1. The molecule has 1 aliphatic carbocycles. The average molecular weight is 346 g/mol. The quantitative estimate of drug-likeness (QED) is 0.321. The van der Waals surface area contributed by atoms with E-state index in [0.717, 1.165) is 11.1 Å². The third kappa shape index (κ3) is 2.46. The number of nitrogens with zero attached hydrogens (tertiary/aromatic N) is 1. The lowest BCUT2D eigenvalue weighted by Crippen LogP contribution is -2.56. The molecule has 1 heterocycles. The minimum Gasteiger partial charge on any atom is -0.323 e. The van der Waals surface area contributed by atoms with E-state index in [1.807, 2.05) is 26.0 Å². The van der Waals surface area contributed by atoms with Gasteiger partial charge >= 0.3 is 0 Å². The second kappa shape index (κ2) is 5.67. The van der Waals surface area contributed by atoms with Crippen molar-refractivity contribution in [2.45, 2.75) is 20.0 Å². The van der Waals surface area contributed by atoms with Crippen molar-refractivity contribution in [2.75, 3.05) is 20.3 Å². The van der Waals surface area contributed by atoms with E-state index >= 15 is 0 Å². The summed E-state index contributed by atoms with van der Waals surface area (Å²) in [7, 11) is 1.40. The number of halogens is 5. The molecule has 0 amide bonds. The van der Waals surface area contributed by atoms with Gasteiger partial charge in [0.25, 0.3) is 0 Å². The van der Waals surface area contributed by atoms with Gasteiger partial charge in [0.2, 0.25) is 34.8 Å². The molecule has 2 aliphatic rings. The second-order valence-electron chi connectivity index (χ2n) is 6.68.